The Bertz CT molecular complexity index is 355. The summed E-state index contributed by atoms with van der Waals surface area (Å²) in [6.07, 6.45) is 1.99. The van der Waals surface area contributed by atoms with Crippen LogP contribution in [-0.4, -0.2) is 61.1 Å². The van der Waals surface area contributed by atoms with Crippen LogP contribution in [0.5, 0.6) is 0 Å². The van der Waals surface area contributed by atoms with Gasteiger partial charge in [0.25, 0.3) is 0 Å². The van der Waals surface area contributed by atoms with Crippen LogP contribution in [0.3, 0.4) is 0 Å². The molecule has 1 heterocycles. The van der Waals surface area contributed by atoms with E-state index in [9.17, 15) is 14.4 Å². The average Bonchev–Trinajstić information content (AvgIpc) is 2.38. The summed E-state index contributed by atoms with van der Waals surface area (Å²) >= 11 is 1.60. The number of esters is 2. The molecule has 0 aliphatic carbocycles. The fourth-order valence-corrected chi connectivity index (χ4v) is 2.15. The van der Waals surface area contributed by atoms with Crippen molar-refractivity contribution >= 4 is 29.6 Å². The van der Waals surface area contributed by atoms with Crippen LogP contribution >= 0.6 is 11.8 Å². The van der Waals surface area contributed by atoms with E-state index in [2.05, 4.69) is 4.74 Å². The van der Waals surface area contributed by atoms with Gasteiger partial charge in [-0.3, -0.25) is 4.79 Å². The van der Waals surface area contributed by atoms with Gasteiger partial charge >= 0.3 is 11.9 Å². The zero-order chi connectivity index (χ0) is 13.4. The van der Waals surface area contributed by atoms with E-state index in [0.717, 1.165) is 17.9 Å². The molecule has 1 aliphatic heterocycles. The van der Waals surface area contributed by atoms with E-state index < -0.39 is 11.9 Å². The van der Waals surface area contributed by atoms with Crippen molar-refractivity contribution < 1.29 is 23.9 Å². The van der Waals surface area contributed by atoms with E-state index in [4.69, 9.17) is 4.74 Å². The lowest BCUT2D eigenvalue weighted by Crippen LogP contribution is -2.40. The predicted molar refractivity (Wildman–Crippen MR) is 66.0 cm³/mol. The Morgan fingerprint density at radius 2 is 2.11 bits per heavy atom. The van der Waals surface area contributed by atoms with Crippen molar-refractivity contribution in [2.45, 2.75) is 0 Å². The topological polar surface area (TPSA) is 72.9 Å². The van der Waals surface area contributed by atoms with Crippen LogP contribution in [0.4, 0.5) is 0 Å². The summed E-state index contributed by atoms with van der Waals surface area (Å²) in [5, 5.41) is 0. The molecule has 100 valence electrons. The number of nitrogens with zero attached hydrogens (tertiary/aromatic N) is 1. The zero-order valence-corrected chi connectivity index (χ0v) is 10.9. The number of hydrogen-bond donors (Lipinski definition) is 0. The SMILES string of the molecule is COC(=O)C=CC(=O)OCCN1CCSCC1=O. The molecule has 0 saturated carbocycles. The first-order chi connectivity index (χ1) is 8.63. The van der Waals surface area contributed by atoms with Crippen molar-refractivity contribution in [1.82, 2.24) is 4.90 Å². The second-order valence-electron chi connectivity index (χ2n) is 3.46. The molecule has 0 N–H and O–H groups in total. The van der Waals surface area contributed by atoms with Crippen LogP contribution in [0.2, 0.25) is 0 Å². The maximum atomic E-state index is 11.4. The number of amides is 1. The van der Waals surface area contributed by atoms with E-state index in [1.165, 1.54) is 7.11 Å². The second-order valence-corrected chi connectivity index (χ2v) is 4.56. The van der Waals surface area contributed by atoms with Crippen LogP contribution in [-0.2, 0) is 23.9 Å². The summed E-state index contributed by atoms with van der Waals surface area (Å²) < 4.78 is 9.18. The van der Waals surface area contributed by atoms with Gasteiger partial charge in [-0.1, -0.05) is 0 Å². The quantitative estimate of drug-likeness (QED) is 0.512. The molecule has 0 aromatic heterocycles. The third-order valence-corrected chi connectivity index (χ3v) is 3.17. The van der Waals surface area contributed by atoms with E-state index in [-0.39, 0.29) is 12.5 Å². The van der Waals surface area contributed by atoms with Gasteiger partial charge in [0.05, 0.1) is 19.4 Å². The van der Waals surface area contributed by atoms with Crippen molar-refractivity contribution in [3.63, 3.8) is 0 Å². The highest BCUT2D eigenvalue weighted by Gasteiger charge is 2.17. The fraction of sp³-hybridized carbons (Fsp3) is 0.545. The highest BCUT2D eigenvalue weighted by molar-refractivity contribution is 8.00. The minimum Gasteiger partial charge on any atom is -0.466 e. The van der Waals surface area contributed by atoms with Crippen LogP contribution in [0.25, 0.3) is 0 Å². The lowest BCUT2D eigenvalue weighted by atomic mass is 10.4. The first-order valence-electron chi connectivity index (χ1n) is 5.42. The van der Waals surface area contributed by atoms with Crippen molar-refractivity contribution in [3.05, 3.63) is 12.2 Å². The predicted octanol–water partition coefficient (Wildman–Crippen LogP) is -0.166. The monoisotopic (exact) mass is 273 g/mol. The largest absolute Gasteiger partial charge is 0.466 e. The van der Waals surface area contributed by atoms with Crippen LogP contribution in [0, 0.1) is 0 Å². The maximum absolute atomic E-state index is 11.4. The van der Waals surface area contributed by atoms with Crippen molar-refractivity contribution in [2.75, 3.05) is 38.3 Å². The van der Waals surface area contributed by atoms with Gasteiger partial charge in [0.15, 0.2) is 0 Å². The summed E-state index contributed by atoms with van der Waals surface area (Å²) in [7, 11) is 1.22. The molecule has 0 radical (unpaired) electrons. The minimum absolute atomic E-state index is 0.0624. The molecule has 0 aromatic rings. The summed E-state index contributed by atoms with van der Waals surface area (Å²) in [5.41, 5.74) is 0. The number of hydrogen-bond acceptors (Lipinski definition) is 6. The molecule has 7 heteroatoms. The van der Waals surface area contributed by atoms with E-state index >= 15 is 0 Å². The van der Waals surface area contributed by atoms with Gasteiger partial charge in [-0.2, -0.15) is 11.8 Å². The molecule has 0 aromatic carbocycles. The summed E-state index contributed by atoms with van der Waals surface area (Å²) in [4.78, 5) is 34.9. The molecule has 1 aliphatic rings. The Labute approximate surface area is 109 Å². The van der Waals surface area contributed by atoms with Crippen LogP contribution in [0.15, 0.2) is 12.2 Å². The highest BCUT2D eigenvalue weighted by Crippen LogP contribution is 2.09. The standard InChI is InChI=1S/C11H15NO5S/c1-16-10(14)2-3-11(15)17-6-4-12-5-7-18-8-9(12)13/h2-3H,4-8H2,1H3. The lowest BCUT2D eigenvalue weighted by molar-refractivity contribution is -0.141. The van der Waals surface area contributed by atoms with Crippen molar-refractivity contribution in [1.29, 1.82) is 0 Å². The molecular formula is C11H15NO5S. The molecule has 0 atom stereocenters. The molecule has 1 saturated heterocycles. The molecule has 0 bridgehead atoms. The molecule has 1 rings (SSSR count). The van der Waals surface area contributed by atoms with Gasteiger partial charge in [0, 0.05) is 24.4 Å². The first kappa shape index (κ1) is 14.6. The Kier molecular flexibility index (Phi) is 6.27. The van der Waals surface area contributed by atoms with Gasteiger partial charge in [0.1, 0.15) is 6.61 Å². The molecule has 0 unspecified atom stereocenters. The van der Waals surface area contributed by atoms with Crippen molar-refractivity contribution in [2.24, 2.45) is 0 Å². The lowest BCUT2D eigenvalue weighted by Gasteiger charge is -2.25. The third kappa shape index (κ3) is 5.22. The summed E-state index contributed by atoms with van der Waals surface area (Å²) in [6, 6.07) is 0. The van der Waals surface area contributed by atoms with E-state index in [0.29, 0.717) is 18.8 Å². The molecule has 1 fully saturated rings. The Hall–Kier alpha value is -1.50. The third-order valence-electron chi connectivity index (χ3n) is 2.25. The Morgan fingerprint density at radius 1 is 1.39 bits per heavy atom. The smallest absolute Gasteiger partial charge is 0.331 e. The summed E-state index contributed by atoms with van der Waals surface area (Å²) in [5.74, 6) is 0.208. The van der Waals surface area contributed by atoms with Crippen molar-refractivity contribution in [3.8, 4) is 0 Å². The Morgan fingerprint density at radius 3 is 2.78 bits per heavy atom. The van der Waals surface area contributed by atoms with E-state index in [1.807, 2.05) is 0 Å². The summed E-state index contributed by atoms with van der Waals surface area (Å²) in [6.45, 7) is 1.19. The molecule has 6 nitrogen and oxygen atoms in total. The molecule has 0 spiro atoms. The number of rotatable bonds is 5. The average molecular weight is 273 g/mol. The Balaban J connectivity index is 2.20. The normalized spacial score (nSPS) is 15.8. The highest BCUT2D eigenvalue weighted by atomic mass is 32.2. The maximum Gasteiger partial charge on any atom is 0.331 e. The number of ether oxygens (including phenoxy) is 2. The molecular weight excluding hydrogens is 258 g/mol. The van der Waals surface area contributed by atoms with Gasteiger partial charge in [-0.05, 0) is 0 Å². The van der Waals surface area contributed by atoms with Gasteiger partial charge in [-0.15, -0.1) is 0 Å². The molecule has 1 amide bonds. The van der Waals surface area contributed by atoms with Crippen LogP contribution in [0.1, 0.15) is 0 Å². The number of thioether (sulfide) groups is 1. The van der Waals surface area contributed by atoms with Gasteiger partial charge < -0.3 is 14.4 Å². The van der Waals surface area contributed by atoms with Gasteiger partial charge in [-0.25, -0.2) is 9.59 Å². The number of carbonyl (C=O) groups is 3. The second kappa shape index (κ2) is 7.75. The number of carbonyl (C=O) groups excluding carboxylic acids is 3. The minimum atomic E-state index is -0.626. The number of methoxy groups -OCH3 is 1. The molecule has 18 heavy (non-hydrogen) atoms. The first-order valence-corrected chi connectivity index (χ1v) is 6.57. The fourth-order valence-electron chi connectivity index (χ4n) is 1.30. The van der Waals surface area contributed by atoms with Gasteiger partial charge in [0.2, 0.25) is 5.91 Å². The van der Waals surface area contributed by atoms with E-state index in [1.54, 1.807) is 16.7 Å². The zero-order valence-electron chi connectivity index (χ0n) is 10.1. The van der Waals surface area contributed by atoms with Crippen LogP contribution < -0.4 is 0 Å².